The van der Waals surface area contributed by atoms with E-state index < -0.39 is 11.7 Å². The third-order valence-corrected chi connectivity index (χ3v) is 4.95. The van der Waals surface area contributed by atoms with Gasteiger partial charge in [0.05, 0.1) is 5.56 Å². The highest BCUT2D eigenvalue weighted by Gasteiger charge is 2.30. The summed E-state index contributed by atoms with van der Waals surface area (Å²) in [6, 6.07) is 12.1. The number of nitrogens with zero attached hydrogens (tertiary/aromatic N) is 1. The lowest BCUT2D eigenvalue weighted by atomic mass is 10.1. The second-order valence-corrected chi connectivity index (χ2v) is 7.50. The molecular formula is C18H12BrF3N2OS. The van der Waals surface area contributed by atoms with E-state index >= 15 is 0 Å². The molecule has 26 heavy (non-hydrogen) atoms. The Morgan fingerprint density at radius 1 is 1.15 bits per heavy atom. The van der Waals surface area contributed by atoms with Gasteiger partial charge < -0.3 is 0 Å². The highest BCUT2D eigenvalue weighted by molar-refractivity contribution is 9.10. The van der Waals surface area contributed by atoms with Crippen LogP contribution in [-0.2, 0) is 12.6 Å². The summed E-state index contributed by atoms with van der Waals surface area (Å²) in [6.45, 7) is 0. The Balaban J connectivity index is 1.68. The highest BCUT2D eigenvalue weighted by Crippen LogP contribution is 2.30. The SMILES string of the molecule is O=C(Nc1ncc(Cc2cccc(C(F)(F)F)c2)s1)c1ccc(Br)cc1. The zero-order chi connectivity index (χ0) is 18.7. The maximum Gasteiger partial charge on any atom is 0.416 e. The van der Waals surface area contributed by atoms with E-state index in [1.54, 1.807) is 36.5 Å². The second kappa shape index (κ2) is 7.59. The summed E-state index contributed by atoms with van der Waals surface area (Å²) in [6.07, 6.45) is -2.49. The molecule has 3 rings (SSSR count). The van der Waals surface area contributed by atoms with Crippen LogP contribution in [0.15, 0.2) is 59.2 Å². The molecule has 0 saturated heterocycles. The van der Waals surface area contributed by atoms with Gasteiger partial charge in [0.15, 0.2) is 5.13 Å². The molecule has 0 aliphatic carbocycles. The molecule has 1 amide bonds. The van der Waals surface area contributed by atoms with Gasteiger partial charge in [-0.25, -0.2) is 4.98 Å². The molecule has 0 radical (unpaired) electrons. The first-order chi connectivity index (χ1) is 12.3. The summed E-state index contributed by atoms with van der Waals surface area (Å²) >= 11 is 4.53. The average Bonchev–Trinajstić information content (AvgIpc) is 3.02. The van der Waals surface area contributed by atoms with Crippen LogP contribution in [0.1, 0.15) is 26.4 Å². The second-order valence-electron chi connectivity index (χ2n) is 5.47. The topological polar surface area (TPSA) is 42.0 Å². The van der Waals surface area contributed by atoms with Crippen molar-refractivity contribution in [3.8, 4) is 0 Å². The van der Waals surface area contributed by atoms with Gasteiger partial charge in [0.1, 0.15) is 0 Å². The minimum atomic E-state index is -4.37. The number of amides is 1. The number of alkyl halides is 3. The quantitative estimate of drug-likeness (QED) is 0.559. The number of nitrogens with one attached hydrogen (secondary N) is 1. The van der Waals surface area contributed by atoms with Crippen LogP contribution in [0.4, 0.5) is 18.3 Å². The number of anilines is 1. The lowest BCUT2D eigenvalue weighted by Crippen LogP contribution is -2.11. The van der Waals surface area contributed by atoms with Gasteiger partial charge >= 0.3 is 6.18 Å². The van der Waals surface area contributed by atoms with Crippen LogP contribution < -0.4 is 5.32 Å². The molecule has 0 atom stereocenters. The fraction of sp³-hybridized carbons (Fsp3) is 0.111. The van der Waals surface area contributed by atoms with Crippen LogP contribution in [0.3, 0.4) is 0 Å². The maximum atomic E-state index is 12.8. The molecule has 2 aromatic carbocycles. The first kappa shape index (κ1) is 18.6. The molecule has 3 aromatic rings. The van der Waals surface area contributed by atoms with E-state index in [0.717, 1.165) is 21.5 Å². The molecule has 1 heterocycles. The van der Waals surface area contributed by atoms with E-state index in [2.05, 4.69) is 26.2 Å². The van der Waals surface area contributed by atoms with Gasteiger partial charge in [0.2, 0.25) is 0 Å². The fourth-order valence-corrected chi connectivity index (χ4v) is 3.38. The molecule has 0 aliphatic heterocycles. The molecule has 0 saturated carbocycles. The molecule has 8 heteroatoms. The largest absolute Gasteiger partial charge is 0.416 e. The molecule has 0 unspecified atom stereocenters. The minimum absolute atomic E-state index is 0.294. The van der Waals surface area contributed by atoms with Crippen molar-refractivity contribution in [2.45, 2.75) is 12.6 Å². The third-order valence-electron chi connectivity index (χ3n) is 3.51. The zero-order valence-electron chi connectivity index (χ0n) is 13.2. The molecule has 3 nitrogen and oxygen atoms in total. The smallest absolute Gasteiger partial charge is 0.298 e. The van der Waals surface area contributed by atoms with Crippen molar-refractivity contribution in [3.63, 3.8) is 0 Å². The van der Waals surface area contributed by atoms with Crippen LogP contribution in [0.2, 0.25) is 0 Å². The highest BCUT2D eigenvalue weighted by atomic mass is 79.9. The van der Waals surface area contributed by atoms with Crippen molar-refractivity contribution in [3.05, 3.63) is 80.8 Å². The zero-order valence-corrected chi connectivity index (χ0v) is 15.6. The normalized spacial score (nSPS) is 11.4. The molecule has 0 bridgehead atoms. The van der Waals surface area contributed by atoms with Gasteiger partial charge in [-0.2, -0.15) is 13.2 Å². The summed E-state index contributed by atoms with van der Waals surface area (Å²) in [7, 11) is 0. The molecule has 1 aromatic heterocycles. The molecule has 0 spiro atoms. The Kier molecular flexibility index (Phi) is 5.43. The van der Waals surface area contributed by atoms with Crippen molar-refractivity contribution in [1.29, 1.82) is 0 Å². The Hall–Kier alpha value is -2.19. The molecular weight excluding hydrogens is 429 g/mol. The van der Waals surface area contributed by atoms with Crippen molar-refractivity contribution < 1.29 is 18.0 Å². The van der Waals surface area contributed by atoms with Gasteiger partial charge in [0, 0.05) is 27.5 Å². The van der Waals surface area contributed by atoms with Gasteiger partial charge in [0.25, 0.3) is 5.91 Å². The standard InChI is InChI=1S/C18H12BrF3N2OS/c19-14-6-4-12(5-7-14)16(25)24-17-23-10-15(26-17)9-11-2-1-3-13(8-11)18(20,21)22/h1-8,10H,9H2,(H,23,24,25). The van der Waals surface area contributed by atoms with Gasteiger partial charge in [-0.3, -0.25) is 10.1 Å². The van der Waals surface area contributed by atoms with Crippen LogP contribution in [0.5, 0.6) is 0 Å². The number of benzene rings is 2. The Morgan fingerprint density at radius 2 is 1.88 bits per heavy atom. The predicted molar refractivity (Wildman–Crippen MR) is 98.5 cm³/mol. The number of rotatable bonds is 4. The number of aromatic nitrogens is 1. The van der Waals surface area contributed by atoms with Gasteiger partial charge in [-0.1, -0.05) is 34.1 Å². The van der Waals surface area contributed by atoms with Gasteiger partial charge in [-0.05, 0) is 35.9 Å². The van der Waals surface area contributed by atoms with Gasteiger partial charge in [-0.15, -0.1) is 11.3 Å². The summed E-state index contributed by atoms with van der Waals surface area (Å²) in [4.78, 5) is 17.0. The minimum Gasteiger partial charge on any atom is -0.298 e. The van der Waals surface area contributed by atoms with Crippen molar-refractivity contribution in [2.75, 3.05) is 5.32 Å². The number of thiazole rings is 1. The maximum absolute atomic E-state index is 12.8. The van der Waals surface area contributed by atoms with E-state index in [1.165, 1.54) is 17.4 Å². The van der Waals surface area contributed by atoms with E-state index in [1.807, 2.05) is 0 Å². The number of carbonyl (C=O) groups excluding carboxylic acids is 1. The van der Waals surface area contributed by atoms with Crippen LogP contribution in [0.25, 0.3) is 0 Å². The van der Waals surface area contributed by atoms with E-state index in [9.17, 15) is 18.0 Å². The summed E-state index contributed by atoms with van der Waals surface area (Å²) in [5.41, 5.74) is 0.348. The van der Waals surface area contributed by atoms with E-state index in [0.29, 0.717) is 22.7 Å². The lowest BCUT2D eigenvalue weighted by molar-refractivity contribution is -0.137. The summed E-state index contributed by atoms with van der Waals surface area (Å²) < 4.78 is 39.2. The van der Waals surface area contributed by atoms with E-state index in [-0.39, 0.29) is 5.91 Å². The Morgan fingerprint density at radius 3 is 2.58 bits per heavy atom. The predicted octanol–water partition coefficient (Wildman–Crippen LogP) is 5.77. The first-order valence-corrected chi connectivity index (χ1v) is 9.10. The Labute approximate surface area is 160 Å². The monoisotopic (exact) mass is 440 g/mol. The van der Waals surface area contributed by atoms with Crippen molar-refractivity contribution >= 4 is 38.3 Å². The fourth-order valence-electron chi connectivity index (χ4n) is 2.28. The summed E-state index contributed by atoms with van der Waals surface area (Å²) in [5, 5.41) is 3.10. The molecule has 0 aliphatic rings. The third kappa shape index (κ3) is 4.70. The molecule has 134 valence electrons. The molecule has 0 fully saturated rings. The van der Waals surface area contributed by atoms with Crippen LogP contribution in [-0.4, -0.2) is 10.9 Å². The number of carbonyl (C=O) groups is 1. The van der Waals surface area contributed by atoms with Crippen molar-refractivity contribution in [1.82, 2.24) is 4.98 Å². The average molecular weight is 441 g/mol. The lowest BCUT2D eigenvalue weighted by Gasteiger charge is -2.07. The number of halogens is 4. The summed E-state index contributed by atoms with van der Waals surface area (Å²) in [5.74, 6) is -0.294. The van der Waals surface area contributed by atoms with Crippen molar-refractivity contribution in [2.24, 2.45) is 0 Å². The van der Waals surface area contributed by atoms with Crippen LogP contribution >= 0.6 is 27.3 Å². The van der Waals surface area contributed by atoms with E-state index in [4.69, 9.17) is 0 Å². The van der Waals surface area contributed by atoms with Crippen LogP contribution in [0, 0.1) is 0 Å². The number of hydrogen-bond acceptors (Lipinski definition) is 3. The number of hydrogen-bond donors (Lipinski definition) is 1. The first-order valence-electron chi connectivity index (χ1n) is 7.49. The Bertz CT molecular complexity index is 923. The molecule has 1 N–H and O–H groups in total.